The van der Waals surface area contributed by atoms with Crippen LogP contribution < -0.4 is 5.73 Å². The molecule has 3 nitrogen and oxygen atoms in total. The van der Waals surface area contributed by atoms with Gasteiger partial charge in [-0.2, -0.15) is 0 Å². The molecule has 0 amide bonds. The maximum atomic E-state index is 5.75. The molecule has 64 valence electrons. The van der Waals surface area contributed by atoms with Crippen LogP contribution in [0.3, 0.4) is 0 Å². The van der Waals surface area contributed by atoms with Crippen molar-refractivity contribution in [1.82, 2.24) is 0 Å². The van der Waals surface area contributed by atoms with Gasteiger partial charge in [-0.3, -0.25) is 4.99 Å². The number of amidine groups is 1. The largest absolute Gasteiger partial charge is 0.387 e. The zero-order chi connectivity index (χ0) is 8.32. The van der Waals surface area contributed by atoms with Gasteiger partial charge in [0.05, 0.1) is 19.0 Å². The number of nitrogens with two attached hydrogens (primary N) is 1. The van der Waals surface area contributed by atoms with E-state index in [4.69, 9.17) is 10.5 Å². The third kappa shape index (κ3) is 2.19. The van der Waals surface area contributed by atoms with Crippen molar-refractivity contribution in [2.45, 2.75) is 19.8 Å². The maximum Gasteiger partial charge on any atom is 0.0997 e. The molecule has 1 fully saturated rings. The highest BCUT2D eigenvalue weighted by Crippen LogP contribution is 2.44. The van der Waals surface area contributed by atoms with Crippen molar-refractivity contribution in [3.05, 3.63) is 0 Å². The van der Waals surface area contributed by atoms with Gasteiger partial charge in [0.25, 0.3) is 0 Å². The van der Waals surface area contributed by atoms with Crippen LogP contribution >= 0.6 is 0 Å². The van der Waals surface area contributed by atoms with E-state index < -0.39 is 0 Å². The number of methoxy groups -OCH3 is 1. The van der Waals surface area contributed by atoms with Crippen LogP contribution in [-0.2, 0) is 4.74 Å². The molecule has 1 aliphatic carbocycles. The first-order valence-electron chi connectivity index (χ1n) is 3.98. The third-order valence-electron chi connectivity index (χ3n) is 2.20. The molecular formula is C8H16N2O. The Balaban J connectivity index is 2.28. The second-order valence-electron chi connectivity index (χ2n) is 3.32. The topological polar surface area (TPSA) is 47.6 Å². The van der Waals surface area contributed by atoms with E-state index >= 15 is 0 Å². The summed E-state index contributed by atoms with van der Waals surface area (Å²) in [6, 6.07) is 0. The summed E-state index contributed by atoms with van der Waals surface area (Å²) in [7, 11) is 1.67. The van der Waals surface area contributed by atoms with Gasteiger partial charge in [-0.15, -0.1) is 0 Å². The van der Waals surface area contributed by atoms with Gasteiger partial charge in [-0.1, -0.05) is 6.92 Å². The van der Waals surface area contributed by atoms with Crippen molar-refractivity contribution < 1.29 is 4.74 Å². The van der Waals surface area contributed by atoms with E-state index in [1.807, 2.05) is 0 Å². The molecule has 0 bridgehead atoms. The summed E-state index contributed by atoms with van der Waals surface area (Å²) < 4.78 is 4.86. The number of nitrogens with zero attached hydrogens (tertiary/aromatic N) is 1. The first-order valence-corrected chi connectivity index (χ1v) is 3.98. The molecule has 0 unspecified atom stereocenters. The molecule has 0 atom stereocenters. The first kappa shape index (κ1) is 8.53. The van der Waals surface area contributed by atoms with Crippen LogP contribution in [0.2, 0.25) is 0 Å². The lowest BCUT2D eigenvalue weighted by atomic mass is 10.1. The average Bonchev–Trinajstić information content (AvgIpc) is 2.70. The van der Waals surface area contributed by atoms with Crippen LogP contribution in [0, 0.1) is 5.41 Å². The Bertz CT molecular complexity index is 161. The number of hydrogen-bond donors (Lipinski definition) is 1. The highest BCUT2D eigenvalue weighted by molar-refractivity contribution is 5.88. The molecule has 0 aromatic carbocycles. The van der Waals surface area contributed by atoms with Crippen LogP contribution in [0.5, 0.6) is 0 Å². The molecule has 0 spiro atoms. The maximum absolute atomic E-state index is 5.75. The summed E-state index contributed by atoms with van der Waals surface area (Å²) in [5.41, 5.74) is 5.98. The zero-order valence-electron chi connectivity index (χ0n) is 7.26. The second-order valence-corrected chi connectivity index (χ2v) is 3.32. The second kappa shape index (κ2) is 3.22. The van der Waals surface area contributed by atoms with Crippen molar-refractivity contribution in [2.75, 3.05) is 20.3 Å². The first-order chi connectivity index (χ1) is 5.19. The fraction of sp³-hybridized carbons (Fsp3) is 0.875. The van der Waals surface area contributed by atoms with Crippen LogP contribution in [0.25, 0.3) is 0 Å². The van der Waals surface area contributed by atoms with Crippen molar-refractivity contribution in [1.29, 1.82) is 0 Å². The van der Waals surface area contributed by atoms with E-state index in [0.717, 1.165) is 5.84 Å². The summed E-state index contributed by atoms with van der Waals surface area (Å²) >= 11 is 0. The number of ether oxygens (including phenoxy) is 1. The van der Waals surface area contributed by atoms with Crippen LogP contribution in [0.1, 0.15) is 19.8 Å². The van der Waals surface area contributed by atoms with E-state index in [-0.39, 0.29) is 5.41 Å². The summed E-state index contributed by atoms with van der Waals surface area (Å²) in [4.78, 5) is 4.22. The lowest BCUT2D eigenvalue weighted by molar-refractivity contribution is 0.208. The molecule has 11 heavy (non-hydrogen) atoms. The minimum Gasteiger partial charge on any atom is -0.387 e. The molecule has 3 heteroatoms. The Morgan fingerprint density at radius 1 is 1.64 bits per heavy atom. The molecule has 1 rings (SSSR count). The molecule has 0 saturated heterocycles. The van der Waals surface area contributed by atoms with E-state index in [1.54, 1.807) is 7.11 Å². The van der Waals surface area contributed by atoms with E-state index in [9.17, 15) is 0 Å². The predicted octanol–water partition coefficient (Wildman–Crippen LogP) is 0.790. The lowest BCUT2D eigenvalue weighted by Crippen LogP contribution is -2.23. The Labute approximate surface area is 67.6 Å². The molecule has 1 aliphatic rings. The fourth-order valence-corrected chi connectivity index (χ4v) is 0.892. The van der Waals surface area contributed by atoms with Gasteiger partial charge in [0.15, 0.2) is 0 Å². The van der Waals surface area contributed by atoms with Crippen LogP contribution in [-0.4, -0.2) is 26.1 Å². The minimum atomic E-state index is 0.230. The van der Waals surface area contributed by atoms with Gasteiger partial charge in [0.2, 0.25) is 0 Å². The van der Waals surface area contributed by atoms with Gasteiger partial charge >= 0.3 is 0 Å². The lowest BCUT2D eigenvalue weighted by Gasteiger charge is -2.06. The number of hydrogen-bond acceptors (Lipinski definition) is 2. The van der Waals surface area contributed by atoms with Gasteiger partial charge in [0.1, 0.15) is 0 Å². The minimum absolute atomic E-state index is 0.230. The van der Waals surface area contributed by atoms with Crippen LogP contribution in [0.15, 0.2) is 4.99 Å². The van der Waals surface area contributed by atoms with Crippen molar-refractivity contribution in [3.8, 4) is 0 Å². The van der Waals surface area contributed by atoms with Crippen molar-refractivity contribution >= 4 is 5.84 Å². The van der Waals surface area contributed by atoms with Crippen molar-refractivity contribution in [2.24, 2.45) is 16.1 Å². The normalized spacial score (nSPS) is 21.8. The monoisotopic (exact) mass is 156 g/mol. The Morgan fingerprint density at radius 3 is 2.73 bits per heavy atom. The summed E-state index contributed by atoms with van der Waals surface area (Å²) in [5.74, 6) is 0.801. The molecule has 2 N–H and O–H groups in total. The zero-order valence-corrected chi connectivity index (χ0v) is 7.26. The Morgan fingerprint density at radius 2 is 2.27 bits per heavy atom. The average molecular weight is 156 g/mol. The summed E-state index contributed by atoms with van der Waals surface area (Å²) in [6.07, 6.45) is 2.38. The predicted molar refractivity (Wildman–Crippen MR) is 45.7 cm³/mol. The van der Waals surface area contributed by atoms with E-state index in [2.05, 4.69) is 11.9 Å². The van der Waals surface area contributed by atoms with Crippen molar-refractivity contribution in [3.63, 3.8) is 0 Å². The molecule has 1 saturated carbocycles. The van der Waals surface area contributed by atoms with Gasteiger partial charge in [-0.05, 0) is 12.8 Å². The standard InChI is InChI=1S/C8H16N2O/c1-8(3-4-8)7(9)10-5-6-11-2/h3-6H2,1-2H3,(H2,9,10). The number of aliphatic imine (C=N–C) groups is 1. The van der Waals surface area contributed by atoms with Crippen LogP contribution in [0.4, 0.5) is 0 Å². The third-order valence-corrected chi connectivity index (χ3v) is 2.20. The molecule has 0 aromatic heterocycles. The Kier molecular flexibility index (Phi) is 2.49. The number of rotatable bonds is 4. The SMILES string of the molecule is COCCN=C(N)C1(C)CC1. The smallest absolute Gasteiger partial charge is 0.0997 e. The van der Waals surface area contributed by atoms with Gasteiger partial charge < -0.3 is 10.5 Å². The van der Waals surface area contributed by atoms with Gasteiger partial charge in [-0.25, -0.2) is 0 Å². The van der Waals surface area contributed by atoms with E-state index in [0.29, 0.717) is 13.2 Å². The molecule has 0 radical (unpaired) electrons. The molecular weight excluding hydrogens is 140 g/mol. The quantitative estimate of drug-likeness (QED) is 0.371. The summed E-state index contributed by atoms with van der Waals surface area (Å²) in [5, 5.41) is 0. The summed E-state index contributed by atoms with van der Waals surface area (Å²) in [6.45, 7) is 3.51. The molecule has 0 heterocycles. The highest BCUT2D eigenvalue weighted by Gasteiger charge is 2.41. The fourth-order valence-electron chi connectivity index (χ4n) is 0.892. The Hall–Kier alpha value is -0.570. The highest BCUT2D eigenvalue weighted by atomic mass is 16.5. The molecule has 0 aromatic rings. The molecule has 0 aliphatic heterocycles. The van der Waals surface area contributed by atoms with Gasteiger partial charge in [0, 0.05) is 12.5 Å². The van der Waals surface area contributed by atoms with E-state index in [1.165, 1.54) is 12.8 Å².